The average molecular weight is 443 g/mol. The first-order valence-electron chi connectivity index (χ1n) is 10.9. The maximum atomic E-state index is 12.7. The normalized spacial score (nSPS) is 15.5. The van der Waals surface area contributed by atoms with Crippen LogP contribution in [0.1, 0.15) is 23.5 Å². The molecule has 1 saturated heterocycles. The van der Waals surface area contributed by atoms with Crippen LogP contribution in [0.3, 0.4) is 0 Å². The zero-order valence-corrected chi connectivity index (χ0v) is 18.5. The third-order valence-electron chi connectivity index (χ3n) is 5.63. The molecule has 2 heterocycles. The number of amides is 1. The largest absolute Gasteiger partial charge is 0.495 e. The second-order valence-electron chi connectivity index (χ2n) is 7.93. The highest BCUT2D eigenvalue weighted by molar-refractivity contribution is 5.99. The number of carbonyl (C=O) groups is 1. The number of fused-ring (bicyclic) bond motifs is 1. The fraction of sp³-hybridized carbons (Fsp3) is 0.280. The summed E-state index contributed by atoms with van der Waals surface area (Å²) < 4.78 is 5.53. The van der Waals surface area contributed by atoms with Crippen molar-refractivity contribution in [1.82, 2.24) is 20.6 Å². The molecule has 1 aromatic heterocycles. The van der Waals surface area contributed by atoms with Crippen LogP contribution in [0.25, 0.3) is 22.0 Å². The Labute approximate surface area is 192 Å². The molecule has 0 saturated carbocycles. The van der Waals surface area contributed by atoms with Crippen molar-refractivity contribution in [3.63, 3.8) is 0 Å². The van der Waals surface area contributed by atoms with E-state index in [0.29, 0.717) is 23.6 Å². The van der Waals surface area contributed by atoms with Gasteiger partial charge in [0.15, 0.2) is 0 Å². The quantitative estimate of drug-likeness (QED) is 0.482. The standard InChI is InChI=1S/C25H26N6O2/c1-16(13-26)14-29-23-20-12-18(6-5-17(20)7-8-22(23)33-2)21-9-11-28-24(31-21)25(32)30-19-4-3-10-27-15-19/h5-9,11-12,19,27,29H,1,3-4,10,14-15H2,2H3,(H,30,32)/t19-/m1/s1. The van der Waals surface area contributed by atoms with Crippen molar-refractivity contribution in [2.45, 2.75) is 18.9 Å². The molecule has 168 valence electrons. The molecular weight excluding hydrogens is 416 g/mol. The third kappa shape index (κ3) is 5.10. The minimum Gasteiger partial charge on any atom is -0.495 e. The molecule has 1 aliphatic heterocycles. The molecular formula is C25H26N6O2. The van der Waals surface area contributed by atoms with Gasteiger partial charge in [0.1, 0.15) is 5.75 Å². The lowest BCUT2D eigenvalue weighted by atomic mass is 10.0. The van der Waals surface area contributed by atoms with Crippen molar-refractivity contribution in [3.8, 4) is 23.1 Å². The molecule has 0 aliphatic carbocycles. The molecule has 0 unspecified atom stereocenters. The smallest absolute Gasteiger partial charge is 0.289 e. The topological polar surface area (TPSA) is 112 Å². The van der Waals surface area contributed by atoms with Gasteiger partial charge in [-0.1, -0.05) is 24.8 Å². The van der Waals surface area contributed by atoms with Crippen LogP contribution in [0.2, 0.25) is 0 Å². The Morgan fingerprint density at radius 1 is 1.33 bits per heavy atom. The SMILES string of the molecule is C=C(C#N)CNc1c(OC)ccc2ccc(-c3ccnc(C(=O)N[C@@H]4CCCNC4)n3)cc12. The van der Waals surface area contributed by atoms with Crippen molar-refractivity contribution < 1.29 is 9.53 Å². The molecule has 1 atom stereocenters. The molecule has 1 amide bonds. The minimum atomic E-state index is -0.273. The minimum absolute atomic E-state index is 0.0865. The number of piperidine rings is 1. The molecule has 1 fully saturated rings. The highest BCUT2D eigenvalue weighted by atomic mass is 16.5. The number of hydrogen-bond acceptors (Lipinski definition) is 7. The molecule has 0 spiro atoms. The Kier molecular flexibility index (Phi) is 6.81. The number of methoxy groups -OCH3 is 1. The number of aromatic nitrogens is 2. The molecule has 0 radical (unpaired) electrons. The van der Waals surface area contributed by atoms with Gasteiger partial charge in [0.05, 0.1) is 24.6 Å². The van der Waals surface area contributed by atoms with E-state index in [9.17, 15) is 4.79 Å². The third-order valence-corrected chi connectivity index (χ3v) is 5.63. The highest BCUT2D eigenvalue weighted by Crippen LogP contribution is 2.35. The van der Waals surface area contributed by atoms with Gasteiger partial charge in [-0.15, -0.1) is 0 Å². The summed E-state index contributed by atoms with van der Waals surface area (Å²) in [5, 5.41) is 20.5. The fourth-order valence-corrected chi connectivity index (χ4v) is 3.90. The van der Waals surface area contributed by atoms with Gasteiger partial charge in [-0.2, -0.15) is 5.26 Å². The van der Waals surface area contributed by atoms with E-state index in [2.05, 4.69) is 32.5 Å². The van der Waals surface area contributed by atoms with E-state index < -0.39 is 0 Å². The average Bonchev–Trinajstić information content (AvgIpc) is 2.87. The summed E-state index contributed by atoms with van der Waals surface area (Å²) in [6.45, 7) is 5.78. The molecule has 1 aliphatic rings. The van der Waals surface area contributed by atoms with E-state index in [1.165, 1.54) is 0 Å². The highest BCUT2D eigenvalue weighted by Gasteiger charge is 2.19. The summed E-state index contributed by atoms with van der Waals surface area (Å²) in [6.07, 6.45) is 3.58. The van der Waals surface area contributed by atoms with Gasteiger partial charge in [-0.3, -0.25) is 4.79 Å². The summed E-state index contributed by atoms with van der Waals surface area (Å²) in [4.78, 5) is 21.4. The van der Waals surface area contributed by atoms with Crippen molar-refractivity contribution in [3.05, 3.63) is 60.6 Å². The predicted octanol–water partition coefficient (Wildman–Crippen LogP) is 3.28. The monoisotopic (exact) mass is 442 g/mol. The van der Waals surface area contributed by atoms with E-state index in [1.54, 1.807) is 19.4 Å². The Morgan fingerprint density at radius 3 is 2.94 bits per heavy atom. The number of nitrogens with one attached hydrogen (secondary N) is 3. The maximum Gasteiger partial charge on any atom is 0.289 e. The fourth-order valence-electron chi connectivity index (χ4n) is 3.90. The second kappa shape index (κ2) is 10.1. The number of nitriles is 1. The van der Waals surface area contributed by atoms with Crippen molar-refractivity contribution in [1.29, 1.82) is 5.26 Å². The number of anilines is 1. The molecule has 2 aromatic carbocycles. The second-order valence-corrected chi connectivity index (χ2v) is 7.93. The Balaban J connectivity index is 1.65. The summed E-state index contributed by atoms with van der Waals surface area (Å²) in [7, 11) is 1.60. The number of nitrogens with zero attached hydrogens (tertiary/aromatic N) is 3. The number of hydrogen-bond donors (Lipinski definition) is 3. The van der Waals surface area contributed by atoms with E-state index in [0.717, 1.165) is 48.0 Å². The first-order chi connectivity index (χ1) is 16.1. The van der Waals surface area contributed by atoms with E-state index >= 15 is 0 Å². The Bertz CT molecular complexity index is 1230. The van der Waals surface area contributed by atoms with Crippen LogP contribution < -0.4 is 20.7 Å². The number of carbonyl (C=O) groups excluding carboxylic acids is 1. The zero-order chi connectivity index (χ0) is 23.2. The van der Waals surface area contributed by atoms with Crippen LogP contribution in [0, 0.1) is 11.3 Å². The summed E-state index contributed by atoms with van der Waals surface area (Å²) in [6, 6.07) is 13.7. The Hall–Kier alpha value is -3.96. The zero-order valence-electron chi connectivity index (χ0n) is 18.5. The van der Waals surface area contributed by atoms with Gasteiger partial charge in [-0.05, 0) is 43.0 Å². The van der Waals surface area contributed by atoms with Crippen molar-refractivity contribution in [2.75, 3.05) is 32.1 Å². The van der Waals surface area contributed by atoms with Crippen LogP contribution in [0.5, 0.6) is 5.75 Å². The lowest BCUT2D eigenvalue weighted by Gasteiger charge is -2.23. The molecule has 3 aromatic rings. The number of benzene rings is 2. The molecule has 4 rings (SSSR count). The summed E-state index contributed by atoms with van der Waals surface area (Å²) in [5.74, 6) is 0.534. The van der Waals surface area contributed by atoms with Crippen LogP contribution >= 0.6 is 0 Å². The van der Waals surface area contributed by atoms with Crippen LogP contribution in [-0.4, -0.2) is 48.7 Å². The number of rotatable bonds is 7. The van der Waals surface area contributed by atoms with Gasteiger partial charge in [0.25, 0.3) is 5.91 Å². The van der Waals surface area contributed by atoms with Gasteiger partial charge in [-0.25, -0.2) is 9.97 Å². The lowest BCUT2D eigenvalue weighted by Crippen LogP contribution is -2.46. The first-order valence-corrected chi connectivity index (χ1v) is 10.9. The van der Waals surface area contributed by atoms with E-state index in [4.69, 9.17) is 10.00 Å². The first kappa shape index (κ1) is 22.2. The lowest BCUT2D eigenvalue weighted by molar-refractivity contribution is 0.0920. The van der Waals surface area contributed by atoms with Gasteiger partial charge in [0.2, 0.25) is 5.82 Å². The van der Waals surface area contributed by atoms with Gasteiger partial charge in [0, 0.05) is 41.9 Å². The molecule has 8 nitrogen and oxygen atoms in total. The maximum absolute atomic E-state index is 12.7. The van der Waals surface area contributed by atoms with Crippen LogP contribution in [-0.2, 0) is 0 Å². The van der Waals surface area contributed by atoms with E-state index in [-0.39, 0.29) is 17.8 Å². The molecule has 33 heavy (non-hydrogen) atoms. The van der Waals surface area contributed by atoms with Crippen LogP contribution in [0.15, 0.2) is 54.7 Å². The predicted molar refractivity (Wildman–Crippen MR) is 128 cm³/mol. The van der Waals surface area contributed by atoms with Gasteiger partial charge < -0.3 is 20.7 Å². The van der Waals surface area contributed by atoms with Gasteiger partial charge >= 0.3 is 0 Å². The summed E-state index contributed by atoms with van der Waals surface area (Å²) >= 11 is 0. The molecule has 3 N–H and O–H groups in total. The van der Waals surface area contributed by atoms with Crippen molar-refractivity contribution in [2.24, 2.45) is 0 Å². The summed E-state index contributed by atoms with van der Waals surface area (Å²) in [5.41, 5.74) is 2.68. The Morgan fingerprint density at radius 2 is 2.18 bits per heavy atom. The van der Waals surface area contributed by atoms with Crippen LogP contribution in [0.4, 0.5) is 5.69 Å². The van der Waals surface area contributed by atoms with E-state index in [1.807, 2.05) is 36.4 Å². The molecule has 0 bridgehead atoms. The molecule has 8 heteroatoms. The number of ether oxygens (including phenoxy) is 1. The van der Waals surface area contributed by atoms with Crippen molar-refractivity contribution >= 4 is 22.4 Å².